The monoisotopic (exact) mass is 306 g/mol. The Morgan fingerprint density at radius 1 is 1.24 bits per heavy atom. The van der Waals surface area contributed by atoms with Crippen molar-refractivity contribution < 1.29 is 4.79 Å². The molecular weight excluding hydrogens is 280 g/mol. The third-order valence-corrected chi connectivity index (χ3v) is 5.31. The number of nitrogens with zero attached hydrogens (tertiary/aromatic N) is 1. The van der Waals surface area contributed by atoms with Gasteiger partial charge >= 0.3 is 0 Å². The molecule has 4 heteroatoms. The van der Waals surface area contributed by atoms with Crippen molar-refractivity contribution in [3.05, 3.63) is 35.4 Å². The van der Waals surface area contributed by atoms with Crippen LogP contribution in [-0.2, 0) is 10.2 Å². The molecular formula is C17H26N2OS. The molecule has 1 N–H and O–H groups in total. The highest BCUT2D eigenvalue weighted by molar-refractivity contribution is 8.01. The number of hydrogen-bond acceptors (Lipinski definition) is 3. The number of nitrogens with one attached hydrogen (secondary N) is 1. The largest absolute Gasteiger partial charge is 0.324 e. The second-order valence-corrected chi connectivity index (χ2v) is 8.06. The molecule has 1 aromatic carbocycles. The van der Waals surface area contributed by atoms with E-state index in [1.165, 1.54) is 11.1 Å². The number of thioether (sulfide) groups is 1. The van der Waals surface area contributed by atoms with E-state index in [1.807, 2.05) is 18.9 Å². The van der Waals surface area contributed by atoms with Gasteiger partial charge in [0.15, 0.2) is 0 Å². The van der Waals surface area contributed by atoms with E-state index in [4.69, 9.17) is 0 Å². The molecule has 1 heterocycles. The molecule has 0 spiro atoms. The molecule has 0 unspecified atom stereocenters. The van der Waals surface area contributed by atoms with E-state index in [1.54, 1.807) is 11.8 Å². The summed E-state index contributed by atoms with van der Waals surface area (Å²) < 4.78 is 0. The highest BCUT2D eigenvalue weighted by Crippen LogP contribution is 2.42. The molecule has 2 atom stereocenters. The molecule has 21 heavy (non-hydrogen) atoms. The van der Waals surface area contributed by atoms with E-state index in [2.05, 4.69) is 50.4 Å². The van der Waals surface area contributed by atoms with Crippen molar-refractivity contribution in [3.63, 3.8) is 0 Å². The second-order valence-electron chi connectivity index (χ2n) is 6.64. The van der Waals surface area contributed by atoms with Gasteiger partial charge in [0.2, 0.25) is 5.91 Å². The Morgan fingerprint density at radius 2 is 1.86 bits per heavy atom. The fourth-order valence-electron chi connectivity index (χ4n) is 2.54. The topological polar surface area (TPSA) is 32.3 Å². The normalized spacial score (nSPS) is 22.9. The zero-order valence-electron chi connectivity index (χ0n) is 13.6. The van der Waals surface area contributed by atoms with Gasteiger partial charge in [-0.15, -0.1) is 11.8 Å². The summed E-state index contributed by atoms with van der Waals surface area (Å²) in [6.07, 6.45) is 0. The minimum atomic E-state index is 0.0501. The molecule has 0 saturated carbocycles. The van der Waals surface area contributed by atoms with Crippen molar-refractivity contribution in [2.24, 2.45) is 0 Å². The Hall–Kier alpha value is -1.00. The molecule has 1 saturated heterocycles. The Bertz CT molecular complexity index is 493. The summed E-state index contributed by atoms with van der Waals surface area (Å²) in [6, 6.07) is 8.74. The average molecular weight is 306 g/mol. The van der Waals surface area contributed by atoms with Crippen LogP contribution in [0.25, 0.3) is 0 Å². The van der Waals surface area contributed by atoms with E-state index < -0.39 is 0 Å². The lowest BCUT2D eigenvalue weighted by Crippen LogP contribution is -2.35. The van der Waals surface area contributed by atoms with Crippen LogP contribution in [0.3, 0.4) is 0 Å². The highest BCUT2D eigenvalue weighted by Gasteiger charge is 2.37. The van der Waals surface area contributed by atoms with Crippen LogP contribution in [0.5, 0.6) is 0 Å². The summed E-state index contributed by atoms with van der Waals surface area (Å²) in [5.74, 6) is 0.250. The highest BCUT2D eigenvalue weighted by atomic mass is 32.2. The number of amides is 1. The third-order valence-electron chi connectivity index (χ3n) is 3.91. The summed E-state index contributed by atoms with van der Waals surface area (Å²) in [6.45, 7) is 10.3. The van der Waals surface area contributed by atoms with Crippen molar-refractivity contribution in [1.29, 1.82) is 0 Å². The molecule has 1 aliphatic rings. The van der Waals surface area contributed by atoms with Gasteiger partial charge in [-0.05, 0) is 30.5 Å². The summed E-state index contributed by atoms with van der Waals surface area (Å²) in [5.41, 5.74) is 2.72. The SMILES string of the molecule is CNCCN1C(=O)[C@@H](C)S[C@@H]1c1ccc(C(C)(C)C)cc1. The van der Waals surface area contributed by atoms with Crippen molar-refractivity contribution in [3.8, 4) is 0 Å². The predicted molar refractivity (Wildman–Crippen MR) is 90.6 cm³/mol. The van der Waals surface area contributed by atoms with Crippen LogP contribution < -0.4 is 5.32 Å². The van der Waals surface area contributed by atoms with Gasteiger partial charge in [0.1, 0.15) is 5.37 Å². The molecule has 1 aliphatic heterocycles. The lowest BCUT2D eigenvalue weighted by atomic mass is 9.86. The Kier molecular flexibility index (Phi) is 4.99. The van der Waals surface area contributed by atoms with Gasteiger partial charge in [0.25, 0.3) is 0 Å². The first kappa shape index (κ1) is 16.4. The van der Waals surface area contributed by atoms with E-state index >= 15 is 0 Å². The fourth-order valence-corrected chi connectivity index (χ4v) is 3.85. The Labute approximate surface area is 132 Å². The first-order valence-corrected chi connectivity index (χ1v) is 8.50. The van der Waals surface area contributed by atoms with Crippen LogP contribution >= 0.6 is 11.8 Å². The lowest BCUT2D eigenvalue weighted by molar-refractivity contribution is -0.129. The van der Waals surface area contributed by atoms with Gasteiger partial charge in [-0.25, -0.2) is 0 Å². The predicted octanol–water partition coefficient (Wildman–Crippen LogP) is 3.17. The molecule has 1 aromatic rings. The van der Waals surface area contributed by atoms with Crippen molar-refractivity contribution in [2.75, 3.05) is 20.1 Å². The minimum Gasteiger partial charge on any atom is -0.324 e. The van der Waals surface area contributed by atoms with Gasteiger partial charge in [0.05, 0.1) is 5.25 Å². The van der Waals surface area contributed by atoms with Gasteiger partial charge in [0, 0.05) is 13.1 Å². The molecule has 0 radical (unpaired) electrons. The van der Waals surface area contributed by atoms with Crippen LogP contribution in [0.1, 0.15) is 44.2 Å². The smallest absolute Gasteiger partial charge is 0.236 e. The second kappa shape index (κ2) is 6.41. The van der Waals surface area contributed by atoms with Crippen LogP contribution in [0.4, 0.5) is 0 Å². The number of rotatable bonds is 4. The summed E-state index contributed by atoms with van der Waals surface area (Å²) in [5, 5.41) is 3.33. The standard InChI is InChI=1S/C17H26N2OS/c1-12-15(20)19(11-10-18-5)16(21-12)13-6-8-14(9-7-13)17(2,3)4/h6-9,12,16,18H,10-11H2,1-5H3/t12-,16-/m1/s1. The molecule has 0 bridgehead atoms. The summed E-state index contributed by atoms with van der Waals surface area (Å²) >= 11 is 1.75. The van der Waals surface area contributed by atoms with Gasteiger partial charge in [-0.2, -0.15) is 0 Å². The van der Waals surface area contributed by atoms with E-state index in [0.717, 1.165) is 13.1 Å². The molecule has 1 amide bonds. The minimum absolute atomic E-state index is 0.0501. The molecule has 2 rings (SSSR count). The maximum atomic E-state index is 12.3. The quantitative estimate of drug-likeness (QED) is 0.927. The van der Waals surface area contributed by atoms with Crippen LogP contribution in [-0.4, -0.2) is 36.2 Å². The third kappa shape index (κ3) is 3.61. The fraction of sp³-hybridized carbons (Fsp3) is 0.588. The van der Waals surface area contributed by atoms with Gasteiger partial charge in [-0.3, -0.25) is 4.79 Å². The maximum Gasteiger partial charge on any atom is 0.236 e. The number of benzene rings is 1. The number of likely N-dealkylation sites (N-methyl/N-ethyl adjacent to an activating group) is 1. The van der Waals surface area contributed by atoms with E-state index in [-0.39, 0.29) is 21.9 Å². The molecule has 116 valence electrons. The van der Waals surface area contributed by atoms with Crippen molar-refractivity contribution >= 4 is 17.7 Å². The number of hydrogen-bond donors (Lipinski definition) is 1. The Balaban J connectivity index is 2.21. The van der Waals surface area contributed by atoms with Crippen LogP contribution in [0, 0.1) is 0 Å². The molecule has 0 aromatic heterocycles. The van der Waals surface area contributed by atoms with Gasteiger partial charge < -0.3 is 10.2 Å². The molecule has 3 nitrogen and oxygen atoms in total. The van der Waals surface area contributed by atoms with Gasteiger partial charge in [-0.1, -0.05) is 45.0 Å². The average Bonchev–Trinajstić information content (AvgIpc) is 2.72. The van der Waals surface area contributed by atoms with E-state index in [9.17, 15) is 4.79 Å². The zero-order chi connectivity index (χ0) is 15.6. The number of carbonyl (C=O) groups is 1. The van der Waals surface area contributed by atoms with Crippen molar-refractivity contribution in [1.82, 2.24) is 10.2 Å². The van der Waals surface area contributed by atoms with E-state index in [0.29, 0.717) is 0 Å². The summed E-state index contributed by atoms with van der Waals surface area (Å²) in [4.78, 5) is 14.3. The number of carbonyl (C=O) groups excluding carboxylic acids is 1. The van der Waals surface area contributed by atoms with Crippen molar-refractivity contribution in [2.45, 2.75) is 43.7 Å². The maximum absolute atomic E-state index is 12.3. The first-order valence-electron chi connectivity index (χ1n) is 7.55. The van der Waals surface area contributed by atoms with Crippen LogP contribution in [0.15, 0.2) is 24.3 Å². The zero-order valence-corrected chi connectivity index (χ0v) is 14.5. The summed E-state index contributed by atoms with van der Waals surface area (Å²) in [7, 11) is 1.92. The lowest BCUT2D eigenvalue weighted by Gasteiger charge is -2.25. The Morgan fingerprint density at radius 3 is 2.38 bits per heavy atom. The van der Waals surface area contributed by atoms with Crippen LogP contribution in [0.2, 0.25) is 0 Å². The first-order chi connectivity index (χ1) is 9.84. The molecule has 0 aliphatic carbocycles. The molecule has 1 fully saturated rings.